The van der Waals surface area contributed by atoms with E-state index in [2.05, 4.69) is 11.4 Å². The number of nitriles is 1. The van der Waals surface area contributed by atoms with Gasteiger partial charge in [0.15, 0.2) is 0 Å². The highest BCUT2D eigenvalue weighted by Crippen LogP contribution is 2.27. The molecular weight excluding hydrogens is 288 g/mol. The number of amides is 1. The molecule has 1 amide bonds. The highest BCUT2D eigenvalue weighted by molar-refractivity contribution is 6.07. The zero-order valence-corrected chi connectivity index (χ0v) is 13.7. The van der Waals surface area contributed by atoms with Gasteiger partial charge in [-0.05, 0) is 50.3 Å². The van der Waals surface area contributed by atoms with Crippen LogP contribution < -0.4 is 10.1 Å². The van der Waals surface area contributed by atoms with E-state index in [0.717, 1.165) is 31.3 Å². The van der Waals surface area contributed by atoms with Gasteiger partial charge in [0.05, 0.1) is 12.3 Å². The van der Waals surface area contributed by atoms with E-state index in [1.807, 2.05) is 25.1 Å². The molecular formula is C19H24N2O2. The first kappa shape index (κ1) is 17.1. The molecule has 2 rings (SSSR count). The highest BCUT2D eigenvalue weighted by Gasteiger charge is 2.17. The third-order valence-electron chi connectivity index (χ3n) is 4.08. The zero-order chi connectivity index (χ0) is 16.5. The van der Waals surface area contributed by atoms with Gasteiger partial charge in [-0.25, -0.2) is 0 Å². The normalized spacial score (nSPS) is 15.0. The van der Waals surface area contributed by atoms with Crippen LogP contribution in [-0.2, 0) is 4.79 Å². The summed E-state index contributed by atoms with van der Waals surface area (Å²) in [5.74, 6) is 0.304. The molecule has 4 nitrogen and oxygen atoms in total. The van der Waals surface area contributed by atoms with Crippen molar-refractivity contribution in [3.05, 3.63) is 35.4 Å². The van der Waals surface area contributed by atoms with Gasteiger partial charge in [-0.1, -0.05) is 31.4 Å². The fraction of sp³-hybridized carbons (Fsp3) is 0.474. The third-order valence-corrected chi connectivity index (χ3v) is 4.08. The molecule has 1 aromatic carbocycles. The van der Waals surface area contributed by atoms with Gasteiger partial charge in [-0.3, -0.25) is 4.79 Å². The number of rotatable bonds is 4. The summed E-state index contributed by atoms with van der Waals surface area (Å²) in [6.45, 7) is 2.43. The van der Waals surface area contributed by atoms with E-state index in [4.69, 9.17) is 4.74 Å². The molecule has 23 heavy (non-hydrogen) atoms. The molecule has 1 saturated carbocycles. The Labute approximate surface area is 138 Å². The van der Waals surface area contributed by atoms with Crippen LogP contribution in [0.4, 0.5) is 5.69 Å². The van der Waals surface area contributed by atoms with Crippen molar-refractivity contribution in [1.82, 2.24) is 0 Å². The summed E-state index contributed by atoms with van der Waals surface area (Å²) in [4.78, 5) is 12.6. The van der Waals surface area contributed by atoms with Crippen LogP contribution in [0.25, 0.3) is 0 Å². The Morgan fingerprint density at radius 2 is 1.83 bits per heavy atom. The van der Waals surface area contributed by atoms with E-state index < -0.39 is 0 Å². The number of carbonyl (C=O) groups is 1. The second kappa shape index (κ2) is 8.99. The van der Waals surface area contributed by atoms with E-state index in [1.165, 1.54) is 19.3 Å². The highest BCUT2D eigenvalue weighted by atomic mass is 16.5. The molecule has 4 heteroatoms. The Morgan fingerprint density at radius 3 is 2.48 bits per heavy atom. The number of ether oxygens (including phenoxy) is 1. The van der Waals surface area contributed by atoms with Crippen molar-refractivity contribution in [3.8, 4) is 11.8 Å². The Bertz CT molecular complexity index is 604. The number of hydrogen-bond acceptors (Lipinski definition) is 3. The molecule has 0 radical (unpaired) electrons. The quantitative estimate of drug-likeness (QED) is 0.653. The minimum absolute atomic E-state index is 0.276. The van der Waals surface area contributed by atoms with Crippen molar-refractivity contribution < 1.29 is 9.53 Å². The van der Waals surface area contributed by atoms with Gasteiger partial charge in [0.25, 0.3) is 5.91 Å². The second-order valence-electron chi connectivity index (χ2n) is 5.74. The number of nitrogens with zero attached hydrogens (tertiary/aromatic N) is 1. The first-order chi connectivity index (χ1) is 11.3. The molecule has 0 unspecified atom stereocenters. The monoisotopic (exact) mass is 312 g/mol. The van der Waals surface area contributed by atoms with Crippen molar-refractivity contribution in [2.75, 3.05) is 11.9 Å². The van der Waals surface area contributed by atoms with Crippen LogP contribution in [0, 0.1) is 11.3 Å². The molecule has 1 aromatic rings. The summed E-state index contributed by atoms with van der Waals surface area (Å²) in [6.07, 6.45) is 7.43. The molecule has 1 N–H and O–H groups in total. The van der Waals surface area contributed by atoms with Crippen LogP contribution in [0.2, 0.25) is 0 Å². The van der Waals surface area contributed by atoms with Gasteiger partial charge in [0.2, 0.25) is 0 Å². The van der Waals surface area contributed by atoms with Gasteiger partial charge >= 0.3 is 0 Å². The Kier molecular flexibility index (Phi) is 6.68. The van der Waals surface area contributed by atoms with Crippen molar-refractivity contribution in [1.29, 1.82) is 5.26 Å². The molecule has 0 heterocycles. The second-order valence-corrected chi connectivity index (χ2v) is 5.74. The molecule has 0 atom stereocenters. The van der Waals surface area contributed by atoms with Crippen molar-refractivity contribution in [3.63, 3.8) is 0 Å². The number of para-hydroxylation sites is 2. The third kappa shape index (κ3) is 4.85. The summed E-state index contributed by atoms with van der Waals surface area (Å²) < 4.78 is 5.52. The number of anilines is 1. The SMILES string of the molecule is CCOc1ccccc1NC(=O)C(C#N)=C1CCCCCCC1. The van der Waals surface area contributed by atoms with E-state index in [1.54, 1.807) is 6.07 Å². The van der Waals surface area contributed by atoms with Gasteiger partial charge in [0.1, 0.15) is 17.4 Å². The minimum Gasteiger partial charge on any atom is -0.492 e. The molecule has 122 valence electrons. The van der Waals surface area contributed by atoms with Crippen LogP contribution in [0.15, 0.2) is 35.4 Å². The molecule has 0 bridgehead atoms. The first-order valence-electron chi connectivity index (χ1n) is 8.41. The minimum atomic E-state index is -0.324. The average Bonchev–Trinajstić information content (AvgIpc) is 2.52. The number of nitrogens with one attached hydrogen (secondary N) is 1. The lowest BCUT2D eigenvalue weighted by atomic mass is 9.92. The topological polar surface area (TPSA) is 62.1 Å². The smallest absolute Gasteiger partial charge is 0.266 e. The number of benzene rings is 1. The van der Waals surface area contributed by atoms with Crippen molar-refractivity contribution >= 4 is 11.6 Å². The summed E-state index contributed by atoms with van der Waals surface area (Å²) in [7, 11) is 0. The van der Waals surface area contributed by atoms with Gasteiger partial charge in [-0.15, -0.1) is 0 Å². The van der Waals surface area contributed by atoms with Crippen molar-refractivity contribution in [2.24, 2.45) is 0 Å². The van der Waals surface area contributed by atoms with Gasteiger partial charge < -0.3 is 10.1 Å². The fourth-order valence-corrected chi connectivity index (χ4v) is 2.91. The average molecular weight is 312 g/mol. The standard InChI is InChI=1S/C19H24N2O2/c1-2-23-18-13-9-8-12-17(18)21-19(22)16(14-20)15-10-6-4-3-5-7-11-15/h8-9,12-13H,2-7,10-11H2,1H3,(H,21,22). The molecule has 1 fully saturated rings. The predicted octanol–water partition coefficient (Wildman–Crippen LogP) is 4.59. The van der Waals surface area contributed by atoms with Crippen LogP contribution in [0.5, 0.6) is 5.75 Å². The maximum atomic E-state index is 12.6. The number of hydrogen-bond donors (Lipinski definition) is 1. The fourth-order valence-electron chi connectivity index (χ4n) is 2.91. The lowest BCUT2D eigenvalue weighted by molar-refractivity contribution is -0.112. The summed E-state index contributed by atoms with van der Waals surface area (Å²) >= 11 is 0. The molecule has 0 aliphatic heterocycles. The first-order valence-corrected chi connectivity index (χ1v) is 8.41. The van der Waals surface area contributed by atoms with E-state index >= 15 is 0 Å². The Morgan fingerprint density at radius 1 is 1.17 bits per heavy atom. The molecule has 1 aliphatic rings. The number of allylic oxidation sites excluding steroid dienone is 1. The molecule has 1 aliphatic carbocycles. The van der Waals surface area contributed by atoms with Crippen LogP contribution in [0.3, 0.4) is 0 Å². The van der Waals surface area contributed by atoms with Crippen molar-refractivity contribution in [2.45, 2.75) is 51.9 Å². The van der Waals surface area contributed by atoms with Crippen LogP contribution >= 0.6 is 0 Å². The molecule has 0 saturated heterocycles. The van der Waals surface area contributed by atoms with E-state index in [0.29, 0.717) is 18.0 Å². The maximum absolute atomic E-state index is 12.6. The van der Waals surface area contributed by atoms with Gasteiger partial charge in [-0.2, -0.15) is 5.26 Å². The van der Waals surface area contributed by atoms with E-state index in [-0.39, 0.29) is 11.5 Å². The summed E-state index contributed by atoms with van der Waals surface area (Å²) in [5, 5.41) is 12.3. The Balaban J connectivity index is 2.18. The summed E-state index contributed by atoms with van der Waals surface area (Å²) in [5.41, 5.74) is 1.88. The Hall–Kier alpha value is -2.28. The predicted molar refractivity (Wildman–Crippen MR) is 91.2 cm³/mol. The van der Waals surface area contributed by atoms with Crippen LogP contribution in [0.1, 0.15) is 51.9 Å². The lowest BCUT2D eigenvalue weighted by Gasteiger charge is -2.15. The van der Waals surface area contributed by atoms with E-state index in [9.17, 15) is 10.1 Å². The molecule has 0 aromatic heterocycles. The summed E-state index contributed by atoms with van der Waals surface area (Å²) in [6, 6.07) is 9.42. The largest absolute Gasteiger partial charge is 0.492 e. The van der Waals surface area contributed by atoms with Crippen LogP contribution in [-0.4, -0.2) is 12.5 Å². The maximum Gasteiger partial charge on any atom is 0.266 e. The van der Waals surface area contributed by atoms with Gasteiger partial charge in [0, 0.05) is 0 Å². The number of carbonyl (C=O) groups excluding carboxylic acids is 1. The molecule has 0 spiro atoms. The lowest BCUT2D eigenvalue weighted by Crippen LogP contribution is -2.16. The zero-order valence-electron chi connectivity index (χ0n) is 13.7.